The highest BCUT2D eigenvalue weighted by molar-refractivity contribution is 7.90. The van der Waals surface area contributed by atoms with Crippen molar-refractivity contribution in [2.24, 2.45) is 0 Å². The van der Waals surface area contributed by atoms with E-state index in [1.54, 1.807) is 22.9 Å². The topological polar surface area (TPSA) is 103 Å². The number of pyridine rings is 1. The number of amides is 1. The Labute approximate surface area is 222 Å². The lowest BCUT2D eigenvalue weighted by Crippen LogP contribution is -2.46. The van der Waals surface area contributed by atoms with Crippen LogP contribution in [0.4, 0.5) is 23.2 Å². The van der Waals surface area contributed by atoms with Crippen LogP contribution in [0, 0.1) is 5.82 Å². The second-order valence-corrected chi connectivity index (χ2v) is 11.0. The molecule has 39 heavy (non-hydrogen) atoms. The lowest BCUT2D eigenvalue weighted by atomic mass is 10.0. The van der Waals surface area contributed by atoms with Crippen molar-refractivity contribution < 1.29 is 35.9 Å². The van der Waals surface area contributed by atoms with Gasteiger partial charge < -0.3 is 10.0 Å². The van der Waals surface area contributed by atoms with Gasteiger partial charge >= 0.3 is 6.18 Å². The van der Waals surface area contributed by atoms with Crippen LogP contribution in [-0.4, -0.2) is 67.4 Å². The number of sulfonamides is 1. The summed E-state index contributed by atoms with van der Waals surface area (Å²) in [5.41, 5.74) is 2.46. The monoisotopic (exact) mass is 566 g/mol. The summed E-state index contributed by atoms with van der Waals surface area (Å²) in [5, 5.41) is 9.59. The number of piperazine rings is 1. The highest BCUT2D eigenvalue weighted by atomic mass is 32.2. The van der Waals surface area contributed by atoms with E-state index in [4.69, 9.17) is 0 Å². The SMILES string of the molecule is O=C(NS(=O)(=O)CCC(F)(F)F)c1ccc(N2CCN(Cc3ccc(-c4cncc(O)c4)c(F)c3)CC2)cc1. The smallest absolute Gasteiger partial charge is 0.390 e. The van der Waals surface area contributed by atoms with Crippen LogP contribution in [0.3, 0.4) is 0 Å². The van der Waals surface area contributed by atoms with E-state index in [-0.39, 0.29) is 11.3 Å². The number of aromatic nitrogens is 1. The van der Waals surface area contributed by atoms with Gasteiger partial charge in [-0.05, 0) is 42.0 Å². The predicted molar refractivity (Wildman–Crippen MR) is 137 cm³/mol. The van der Waals surface area contributed by atoms with Gasteiger partial charge in [-0.15, -0.1) is 0 Å². The molecule has 0 aliphatic carbocycles. The molecule has 1 fully saturated rings. The molecule has 0 radical (unpaired) electrons. The Kier molecular flexibility index (Phi) is 8.40. The van der Waals surface area contributed by atoms with Crippen LogP contribution in [0.1, 0.15) is 22.3 Å². The number of hydrogen-bond acceptors (Lipinski definition) is 7. The molecule has 0 bridgehead atoms. The molecule has 0 saturated carbocycles. The van der Waals surface area contributed by atoms with Gasteiger partial charge in [0, 0.05) is 61.3 Å². The Morgan fingerprint density at radius 1 is 1.00 bits per heavy atom. The molecule has 1 aliphatic heterocycles. The van der Waals surface area contributed by atoms with Gasteiger partial charge in [-0.25, -0.2) is 17.5 Å². The van der Waals surface area contributed by atoms with Crippen molar-refractivity contribution in [1.82, 2.24) is 14.6 Å². The second-order valence-electron chi connectivity index (χ2n) is 9.17. The Bertz CT molecular complexity index is 1420. The number of nitrogens with one attached hydrogen (secondary N) is 1. The fourth-order valence-corrected chi connectivity index (χ4v) is 5.22. The van der Waals surface area contributed by atoms with E-state index in [0.717, 1.165) is 11.3 Å². The van der Waals surface area contributed by atoms with Gasteiger partial charge in [-0.3, -0.25) is 14.7 Å². The zero-order chi connectivity index (χ0) is 28.2. The van der Waals surface area contributed by atoms with Crippen molar-refractivity contribution >= 4 is 21.6 Å². The van der Waals surface area contributed by atoms with E-state index in [9.17, 15) is 35.9 Å². The number of anilines is 1. The minimum absolute atomic E-state index is 0.0138. The third-order valence-corrected chi connectivity index (χ3v) is 7.48. The van der Waals surface area contributed by atoms with Crippen LogP contribution in [0.2, 0.25) is 0 Å². The van der Waals surface area contributed by atoms with E-state index in [2.05, 4.69) is 14.8 Å². The lowest BCUT2D eigenvalue weighted by Gasteiger charge is -2.36. The van der Waals surface area contributed by atoms with Crippen molar-refractivity contribution in [1.29, 1.82) is 0 Å². The minimum Gasteiger partial charge on any atom is -0.506 e. The molecule has 1 saturated heterocycles. The Hall–Kier alpha value is -3.71. The van der Waals surface area contributed by atoms with Crippen molar-refractivity contribution in [2.75, 3.05) is 36.8 Å². The number of benzene rings is 2. The molecule has 1 aliphatic rings. The summed E-state index contributed by atoms with van der Waals surface area (Å²) in [6.07, 6.45) is -3.43. The van der Waals surface area contributed by atoms with Crippen molar-refractivity contribution in [3.8, 4) is 16.9 Å². The highest BCUT2D eigenvalue weighted by Gasteiger charge is 2.30. The van der Waals surface area contributed by atoms with Gasteiger partial charge in [-0.2, -0.15) is 13.2 Å². The predicted octanol–water partition coefficient (Wildman–Crippen LogP) is 3.93. The number of aromatic hydroxyl groups is 1. The third-order valence-electron chi connectivity index (χ3n) is 6.24. The number of rotatable bonds is 8. The first-order valence-electron chi connectivity index (χ1n) is 12.0. The summed E-state index contributed by atoms with van der Waals surface area (Å²) in [7, 11) is -4.42. The Balaban J connectivity index is 1.29. The number of alkyl halides is 3. The van der Waals surface area contributed by atoms with E-state index in [0.29, 0.717) is 43.9 Å². The van der Waals surface area contributed by atoms with Gasteiger partial charge in [-0.1, -0.05) is 12.1 Å². The molecular formula is C26H26F4N4O4S. The summed E-state index contributed by atoms with van der Waals surface area (Å²) in [6, 6.07) is 12.6. The number of nitrogens with zero attached hydrogens (tertiary/aromatic N) is 3. The number of carbonyl (C=O) groups is 1. The van der Waals surface area contributed by atoms with Crippen molar-refractivity contribution in [3.05, 3.63) is 77.9 Å². The maximum atomic E-state index is 14.7. The molecule has 2 N–H and O–H groups in total. The second kappa shape index (κ2) is 11.6. The molecule has 0 unspecified atom stereocenters. The molecular weight excluding hydrogens is 540 g/mol. The number of carbonyl (C=O) groups excluding carboxylic acids is 1. The highest BCUT2D eigenvalue weighted by Crippen LogP contribution is 2.26. The first-order valence-corrected chi connectivity index (χ1v) is 13.7. The molecule has 4 rings (SSSR count). The summed E-state index contributed by atoms with van der Waals surface area (Å²) in [5.74, 6) is -2.67. The molecule has 2 heterocycles. The van der Waals surface area contributed by atoms with Crippen molar-refractivity contribution in [2.45, 2.75) is 19.1 Å². The number of hydrogen-bond donors (Lipinski definition) is 2. The quantitative estimate of drug-likeness (QED) is 0.399. The van der Waals surface area contributed by atoms with Gasteiger partial charge in [0.2, 0.25) is 10.0 Å². The summed E-state index contributed by atoms with van der Waals surface area (Å²) < 4.78 is 76.8. The average molecular weight is 567 g/mol. The van der Waals surface area contributed by atoms with Crippen LogP contribution in [0.15, 0.2) is 60.9 Å². The maximum absolute atomic E-state index is 14.7. The largest absolute Gasteiger partial charge is 0.506 e. The summed E-state index contributed by atoms with van der Waals surface area (Å²) >= 11 is 0. The molecule has 1 aromatic heterocycles. The van der Waals surface area contributed by atoms with E-state index < -0.39 is 40.1 Å². The lowest BCUT2D eigenvalue weighted by molar-refractivity contribution is -0.130. The third kappa shape index (κ3) is 7.90. The fraction of sp³-hybridized carbons (Fsp3) is 0.308. The van der Waals surface area contributed by atoms with Crippen molar-refractivity contribution in [3.63, 3.8) is 0 Å². The zero-order valence-electron chi connectivity index (χ0n) is 20.7. The standard InChI is InChI=1S/C26H26F4N4O4S/c27-24-13-18(1-6-23(24)20-14-22(35)16-31-15-20)17-33-8-10-34(11-9-33)21-4-2-19(3-5-21)25(36)32-39(37,38)12-7-26(28,29)30/h1-6,13-16,35H,7-12,17H2,(H,32,36). The normalized spacial score (nSPS) is 14.8. The van der Waals surface area contributed by atoms with E-state index in [1.807, 2.05) is 6.07 Å². The first kappa shape index (κ1) is 28.3. The fourth-order valence-electron chi connectivity index (χ4n) is 4.21. The van der Waals surface area contributed by atoms with Gasteiger partial charge in [0.25, 0.3) is 5.91 Å². The van der Waals surface area contributed by atoms with Gasteiger partial charge in [0.1, 0.15) is 11.6 Å². The van der Waals surface area contributed by atoms with Crippen LogP contribution >= 0.6 is 0 Å². The molecule has 1 amide bonds. The minimum atomic E-state index is -4.64. The van der Waals surface area contributed by atoms with Gasteiger partial charge in [0.15, 0.2) is 0 Å². The first-order chi connectivity index (χ1) is 18.4. The van der Waals surface area contributed by atoms with E-state index >= 15 is 0 Å². The van der Waals surface area contributed by atoms with Crippen LogP contribution in [-0.2, 0) is 16.6 Å². The summed E-state index contributed by atoms with van der Waals surface area (Å²) in [6.45, 7) is 3.25. The van der Waals surface area contributed by atoms with Crippen LogP contribution in [0.5, 0.6) is 5.75 Å². The molecule has 13 heteroatoms. The molecule has 208 valence electrons. The Morgan fingerprint density at radius 2 is 1.69 bits per heavy atom. The zero-order valence-corrected chi connectivity index (χ0v) is 21.5. The average Bonchev–Trinajstić information content (AvgIpc) is 2.88. The molecule has 0 atom stereocenters. The van der Waals surface area contributed by atoms with E-state index in [1.165, 1.54) is 36.7 Å². The Morgan fingerprint density at radius 3 is 2.31 bits per heavy atom. The van der Waals surface area contributed by atoms with Crippen LogP contribution < -0.4 is 9.62 Å². The molecule has 2 aromatic carbocycles. The van der Waals surface area contributed by atoms with Crippen LogP contribution in [0.25, 0.3) is 11.1 Å². The number of halogens is 4. The molecule has 3 aromatic rings. The molecule has 8 nitrogen and oxygen atoms in total. The summed E-state index contributed by atoms with van der Waals surface area (Å²) in [4.78, 5) is 20.3. The maximum Gasteiger partial charge on any atom is 0.390 e. The van der Waals surface area contributed by atoms with Gasteiger partial charge in [0.05, 0.1) is 18.4 Å². The molecule has 0 spiro atoms.